The third-order valence-electron chi connectivity index (χ3n) is 1.08. The molecule has 0 radical (unpaired) electrons. The number of carbonyl (C=O) groups is 2. The van der Waals surface area contributed by atoms with Crippen molar-refractivity contribution < 1.29 is 23.8 Å². The molecule has 5 heteroatoms. The highest BCUT2D eigenvalue weighted by Gasteiger charge is 2.07. The lowest BCUT2D eigenvalue weighted by Gasteiger charge is -2.09. The fourth-order valence-corrected chi connectivity index (χ4v) is 0.615. The van der Waals surface area contributed by atoms with Crippen molar-refractivity contribution in [2.24, 2.45) is 0 Å². The molecule has 0 aromatic rings. The van der Waals surface area contributed by atoms with Gasteiger partial charge in [0.05, 0.1) is 19.8 Å². The molecule has 0 aliphatic carbocycles. The standard InChI is InChI=1S/C4H6O3.C4H8O2/c5-4-6-2-1-3-7-4;1-3-6-4(2)5/h1-3H2;3H2,1-2H3. The van der Waals surface area contributed by atoms with Crippen molar-refractivity contribution >= 4 is 12.1 Å². The molecule has 1 aliphatic rings. The van der Waals surface area contributed by atoms with E-state index in [0.717, 1.165) is 6.42 Å². The van der Waals surface area contributed by atoms with Crippen molar-refractivity contribution in [2.45, 2.75) is 20.3 Å². The topological polar surface area (TPSA) is 61.8 Å². The molecule has 0 spiro atoms. The Morgan fingerprint density at radius 3 is 2.15 bits per heavy atom. The van der Waals surface area contributed by atoms with Crippen molar-refractivity contribution in [3.63, 3.8) is 0 Å². The zero-order chi connectivity index (χ0) is 10.1. The summed E-state index contributed by atoms with van der Waals surface area (Å²) >= 11 is 0. The quantitative estimate of drug-likeness (QED) is 0.579. The van der Waals surface area contributed by atoms with E-state index in [1.807, 2.05) is 0 Å². The Hall–Kier alpha value is -1.26. The van der Waals surface area contributed by atoms with Crippen LogP contribution in [0.25, 0.3) is 0 Å². The normalized spacial score (nSPS) is 14.5. The zero-order valence-corrected chi connectivity index (χ0v) is 7.87. The molecule has 1 rings (SSSR count). The third-order valence-corrected chi connectivity index (χ3v) is 1.08. The number of hydrogen-bond acceptors (Lipinski definition) is 5. The van der Waals surface area contributed by atoms with Gasteiger partial charge in [0, 0.05) is 13.3 Å². The third kappa shape index (κ3) is 8.65. The minimum Gasteiger partial charge on any atom is -0.466 e. The molecular weight excluding hydrogens is 176 g/mol. The smallest absolute Gasteiger partial charge is 0.466 e. The first kappa shape index (κ1) is 11.7. The maximum atomic E-state index is 10.0. The molecule has 0 atom stereocenters. The summed E-state index contributed by atoms with van der Waals surface area (Å²) in [6.07, 6.45) is 0.289. The van der Waals surface area contributed by atoms with Gasteiger partial charge in [0.25, 0.3) is 0 Å². The molecular formula is C8H14O5. The highest BCUT2D eigenvalue weighted by molar-refractivity contribution is 5.65. The average Bonchev–Trinajstić information content (AvgIpc) is 2.06. The van der Waals surface area contributed by atoms with Crippen LogP contribution in [0.5, 0.6) is 0 Å². The summed E-state index contributed by atoms with van der Waals surface area (Å²) in [6, 6.07) is 0. The summed E-state index contributed by atoms with van der Waals surface area (Å²) < 4.78 is 13.2. The number of esters is 1. The summed E-state index contributed by atoms with van der Waals surface area (Å²) in [5, 5.41) is 0. The first-order valence-electron chi connectivity index (χ1n) is 4.09. The van der Waals surface area contributed by atoms with Crippen LogP contribution in [0.4, 0.5) is 4.79 Å². The molecule has 1 heterocycles. The van der Waals surface area contributed by atoms with Gasteiger partial charge in [-0.05, 0) is 6.92 Å². The van der Waals surface area contributed by atoms with Gasteiger partial charge in [-0.25, -0.2) is 4.79 Å². The van der Waals surface area contributed by atoms with E-state index in [-0.39, 0.29) is 5.97 Å². The lowest BCUT2D eigenvalue weighted by Crippen LogP contribution is -2.16. The van der Waals surface area contributed by atoms with Crippen molar-refractivity contribution in [1.29, 1.82) is 0 Å². The van der Waals surface area contributed by atoms with Crippen molar-refractivity contribution in [1.82, 2.24) is 0 Å². The van der Waals surface area contributed by atoms with Crippen LogP contribution in [0.3, 0.4) is 0 Å². The van der Waals surface area contributed by atoms with Crippen LogP contribution >= 0.6 is 0 Å². The predicted molar refractivity (Wildman–Crippen MR) is 44.2 cm³/mol. The molecule has 5 nitrogen and oxygen atoms in total. The van der Waals surface area contributed by atoms with E-state index in [2.05, 4.69) is 14.2 Å². The highest BCUT2D eigenvalue weighted by Crippen LogP contribution is 1.95. The average molecular weight is 190 g/mol. The van der Waals surface area contributed by atoms with Crippen molar-refractivity contribution in [3.8, 4) is 0 Å². The largest absolute Gasteiger partial charge is 0.508 e. The fourth-order valence-electron chi connectivity index (χ4n) is 0.615. The maximum absolute atomic E-state index is 10.0. The van der Waals surface area contributed by atoms with Gasteiger partial charge in [-0.3, -0.25) is 4.79 Å². The summed E-state index contributed by atoms with van der Waals surface area (Å²) in [7, 11) is 0. The molecule has 0 aromatic heterocycles. The fraction of sp³-hybridized carbons (Fsp3) is 0.750. The second-order valence-corrected chi connectivity index (χ2v) is 2.23. The minimum atomic E-state index is -0.536. The van der Waals surface area contributed by atoms with Gasteiger partial charge < -0.3 is 14.2 Å². The lowest BCUT2D eigenvalue weighted by atomic mass is 10.5. The second kappa shape index (κ2) is 7.39. The number of carbonyl (C=O) groups excluding carboxylic acids is 2. The number of ether oxygens (including phenoxy) is 3. The Morgan fingerprint density at radius 2 is 2.00 bits per heavy atom. The number of hydrogen-bond donors (Lipinski definition) is 0. The van der Waals surface area contributed by atoms with E-state index in [9.17, 15) is 9.59 Å². The van der Waals surface area contributed by atoms with Crippen LogP contribution in [0.1, 0.15) is 20.3 Å². The van der Waals surface area contributed by atoms with E-state index in [4.69, 9.17) is 0 Å². The molecule has 1 fully saturated rings. The summed E-state index contributed by atoms with van der Waals surface area (Å²) in [5.74, 6) is -0.211. The number of rotatable bonds is 1. The molecule has 0 saturated carbocycles. The Balaban J connectivity index is 0.000000226. The van der Waals surface area contributed by atoms with Crippen LogP contribution in [-0.4, -0.2) is 31.9 Å². The Labute approximate surface area is 77.0 Å². The zero-order valence-electron chi connectivity index (χ0n) is 7.87. The lowest BCUT2D eigenvalue weighted by molar-refractivity contribution is -0.140. The predicted octanol–water partition coefficient (Wildman–Crippen LogP) is 1.11. The van der Waals surface area contributed by atoms with Crippen LogP contribution in [0, 0.1) is 0 Å². The Bertz CT molecular complexity index is 158. The first-order chi connectivity index (χ1) is 6.16. The molecule has 76 valence electrons. The van der Waals surface area contributed by atoms with Crippen LogP contribution in [0.15, 0.2) is 0 Å². The van der Waals surface area contributed by atoms with Gasteiger partial charge in [0.15, 0.2) is 0 Å². The van der Waals surface area contributed by atoms with Gasteiger partial charge in [0.1, 0.15) is 0 Å². The molecule has 0 aromatic carbocycles. The van der Waals surface area contributed by atoms with Gasteiger partial charge in [-0.1, -0.05) is 0 Å². The van der Waals surface area contributed by atoms with E-state index in [0.29, 0.717) is 19.8 Å². The van der Waals surface area contributed by atoms with Crippen molar-refractivity contribution in [3.05, 3.63) is 0 Å². The van der Waals surface area contributed by atoms with Crippen LogP contribution in [-0.2, 0) is 19.0 Å². The van der Waals surface area contributed by atoms with Crippen molar-refractivity contribution in [2.75, 3.05) is 19.8 Å². The molecule has 1 saturated heterocycles. The monoisotopic (exact) mass is 190 g/mol. The number of cyclic esters (lactones) is 2. The van der Waals surface area contributed by atoms with E-state index in [1.54, 1.807) is 6.92 Å². The molecule has 0 amide bonds. The Kier molecular flexibility index (Phi) is 6.68. The van der Waals surface area contributed by atoms with Crippen LogP contribution < -0.4 is 0 Å². The van der Waals surface area contributed by atoms with Gasteiger partial charge in [0.2, 0.25) is 0 Å². The van der Waals surface area contributed by atoms with Crippen LogP contribution in [0.2, 0.25) is 0 Å². The molecule has 0 N–H and O–H groups in total. The molecule has 0 bridgehead atoms. The Morgan fingerprint density at radius 1 is 1.46 bits per heavy atom. The van der Waals surface area contributed by atoms with E-state index < -0.39 is 6.16 Å². The summed E-state index contributed by atoms with van der Waals surface area (Å²) in [5.41, 5.74) is 0. The SMILES string of the molecule is CCOC(C)=O.O=C1OCCCO1. The first-order valence-corrected chi connectivity index (χ1v) is 4.09. The molecule has 0 unspecified atom stereocenters. The van der Waals surface area contributed by atoms with Gasteiger partial charge >= 0.3 is 12.1 Å². The summed E-state index contributed by atoms with van der Waals surface area (Å²) in [6.45, 7) is 4.68. The van der Waals surface area contributed by atoms with E-state index in [1.165, 1.54) is 6.92 Å². The highest BCUT2D eigenvalue weighted by atomic mass is 16.7. The molecule has 1 aliphatic heterocycles. The molecule has 13 heavy (non-hydrogen) atoms. The maximum Gasteiger partial charge on any atom is 0.508 e. The second-order valence-electron chi connectivity index (χ2n) is 2.23. The minimum absolute atomic E-state index is 0.211. The summed E-state index contributed by atoms with van der Waals surface area (Å²) in [4.78, 5) is 19.8. The van der Waals surface area contributed by atoms with E-state index >= 15 is 0 Å². The van der Waals surface area contributed by atoms with Gasteiger partial charge in [-0.2, -0.15) is 0 Å². The van der Waals surface area contributed by atoms with Gasteiger partial charge in [-0.15, -0.1) is 0 Å².